The Morgan fingerprint density at radius 1 is 1.29 bits per heavy atom. The van der Waals surface area contributed by atoms with Crippen LogP contribution in [0.4, 0.5) is 0 Å². The van der Waals surface area contributed by atoms with Crippen LogP contribution in [0, 0.1) is 5.92 Å². The minimum atomic E-state index is 0.264. The molecule has 1 aromatic heterocycles. The monoisotopic (exact) mass is 292 g/mol. The predicted octanol–water partition coefficient (Wildman–Crippen LogP) is 2.19. The van der Waals surface area contributed by atoms with Crippen LogP contribution in [0.3, 0.4) is 0 Å². The molecule has 2 unspecified atom stereocenters. The molecule has 2 atom stereocenters. The van der Waals surface area contributed by atoms with Gasteiger partial charge in [-0.1, -0.05) is 19.3 Å². The lowest BCUT2D eigenvalue weighted by Gasteiger charge is -2.29. The van der Waals surface area contributed by atoms with Crippen LogP contribution in [0.1, 0.15) is 56.7 Å². The van der Waals surface area contributed by atoms with Crippen LogP contribution < -0.4 is 11.3 Å². The lowest BCUT2D eigenvalue weighted by Crippen LogP contribution is -2.45. The number of hydrogen-bond donors (Lipinski definition) is 2. The van der Waals surface area contributed by atoms with E-state index in [0.717, 1.165) is 31.7 Å². The summed E-state index contributed by atoms with van der Waals surface area (Å²) in [6.45, 7) is 1.71. The molecule has 2 aliphatic rings. The Bertz CT molecular complexity index is 422. The van der Waals surface area contributed by atoms with E-state index in [-0.39, 0.29) is 6.04 Å². The zero-order valence-corrected chi connectivity index (χ0v) is 12.8. The molecule has 0 bridgehead atoms. The first kappa shape index (κ1) is 15.0. The minimum absolute atomic E-state index is 0.264. The topological polar surface area (TPSA) is 65.1 Å². The van der Waals surface area contributed by atoms with Crippen molar-refractivity contribution >= 4 is 0 Å². The number of hydrazine groups is 1. The average Bonchev–Trinajstić information content (AvgIpc) is 3.03. The summed E-state index contributed by atoms with van der Waals surface area (Å²) in [5.41, 5.74) is 4.13. The van der Waals surface area contributed by atoms with Crippen molar-refractivity contribution in [3.63, 3.8) is 0 Å². The van der Waals surface area contributed by atoms with Crippen LogP contribution in [0.15, 0.2) is 12.3 Å². The van der Waals surface area contributed by atoms with Crippen LogP contribution >= 0.6 is 0 Å². The summed E-state index contributed by atoms with van der Waals surface area (Å²) in [5.74, 6) is 6.26. The van der Waals surface area contributed by atoms with Gasteiger partial charge >= 0.3 is 0 Å². The number of aromatic nitrogens is 2. The summed E-state index contributed by atoms with van der Waals surface area (Å²) in [6, 6.07) is 3.03. The molecule has 5 heteroatoms. The molecule has 3 rings (SSSR count). The summed E-state index contributed by atoms with van der Waals surface area (Å²) in [4.78, 5) is 0. The fourth-order valence-corrected chi connectivity index (χ4v) is 3.71. The molecule has 2 fully saturated rings. The molecule has 1 aliphatic heterocycles. The van der Waals surface area contributed by atoms with Gasteiger partial charge in [0.05, 0.1) is 18.3 Å². The number of nitrogens with one attached hydrogen (secondary N) is 1. The van der Waals surface area contributed by atoms with E-state index in [1.165, 1.54) is 38.5 Å². The number of rotatable bonds is 5. The Hall–Kier alpha value is -0.910. The van der Waals surface area contributed by atoms with Crippen molar-refractivity contribution in [2.75, 3.05) is 13.2 Å². The van der Waals surface area contributed by atoms with E-state index in [1.807, 2.05) is 0 Å². The smallest absolute Gasteiger partial charge is 0.0640 e. The molecule has 0 aromatic carbocycles. The van der Waals surface area contributed by atoms with E-state index >= 15 is 0 Å². The standard InChI is InChI=1S/C16H28N4O/c17-18-16(13-5-4-10-21-12-13)11-14-8-9-20(19-14)15-6-2-1-3-7-15/h8-9,13,15-16,18H,1-7,10-12,17H2. The maximum Gasteiger partial charge on any atom is 0.0640 e. The van der Waals surface area contributed by atoms with Gasteiger partial charge in [0.1, 0.15) is 0 Å². The van der Waals surface area contributed by atoms with Crippen LogP contribution in [0.5, 0.6) is 0 Å². The highest BCUT2D eigenvalue weighted by molar-refractivity contribution is 5.03. The molecule has 1 saturated carbocycles. The largest absolute Gasteiger partial charge is 0.381 e. The Balaban J connectivity index is 1.59. The van der Waals surface area contributed by atoms with Crippen LogP contribution in [-0.4, -0.2) is 29.0 Å². The van der Waals surface area contributed by atoms with Gasteiger partial charge in [0.25, 0.3) is 0 Å². The first-order valence-electron chi connectivity index (χ1n) is 8.44. The lowest BCUT2D eigenvalue weighted by atomic mass is 9.91. The molecule has 21 heavy (non-hydrogen) atoms. The van der Waals surface area contributed by atoms with Crippen molar-refractivity contribution < 1.29 is 4.74 Å². The van der Waals surface area contributed by atoms with Crippen molar-refractivity contribution in [3.8, 4) is 0 Å². The molecule has 0 amide bonds. The van der Waals surface area contributed by atoms with Crippen molar-refractivity contribution in [3.05, 3.63) is 18.0 Å². The van der Waals surface area contributed by atoms with Crippen LogP contribution in [-0.2, 0) is 11.2 Å². The van der Waals surface area contributed by atoms with E-state index in [1.54, 1.807) is 0 Å². The van der Waals surface area contributed by atoms with Gasteiger partial charge in [0.15, 0.2) is 0 Å². The molecular formula is C16H28N4O. The maximum absolute atomic E-state index is 5.76. The van der Waals surface area contributed by atoms with Crippen molar-refractivity contribution in [2.24, 2.45) is 11.8 Å². The SMILES string of the molecule is NNC(Cc1ccn(C2CCCCC2)n1)C1CCCOC1. The summed E-state index contributed by atoms with van der Waals surface area (Å²) in [7, 11) is 0. The van der Waals surface area contributed by atoms with E-state index in [9.17, 15) is 0 Å². The highest BCUT2D eigenvalue weighted by atomic mass is 16.5. The third-order valence-electron chi connectivity index (χ3n) is 5.02. The highest BCUT2D eigenvalue weighted by Gasteiger charge is 2.24. The number of hydrogen-bond acceptors (Lipinski definition) is 4. The van der Waals surface area contributed by atoms with Gasteiger partial charge in [0.2, 0.25) is 0 Å². The second-order valence-corrected chi connectivity index (χ2v) is 6.53. The molecule has 5 nitrogen and oxygen atoms in total. The fraction of sp³-hybridized carbons (Fsp3) is 0.812. The van der Waals surface area contributed by atoms with Gasteiger partial charge in [-0.25, -0.2) is 0 Å². The Morgan fingerprint density at radius 3 is 2.86 bits per heavy atom. The summed E-state index contributed by atoms with van der Waals surface area (Å²) in [6.07, 6.45) is 12.0. The average molecular weight is 292 g/mol. The zero-order chi connectivity index (χ0) is 14.5. The van der Waals surface area contributed by atoms with Gasteiger partial charge < -0.3 is 4.74 Å². The Morgan fingerprint density at radius 2 is 2.14 bits per heavy atom. The molecule has 118 valence electrons. The Labute approximate surface area is 127 Å². The van der Waals surface area contributed by atoms with Gasteiger partial charge in [0, 0.05) is 25.3 Å². The third-order valence-corrected chi connectivity index (χ3v) is 5.02. The Kier molecular flexibility index (Phi) is 5.27. The molecule has 1 saturated heterocycles. The summed E-state index contributed by atoms with van der Waals surface area (Å²) < 4.78 is 7.76. The van der Waals surface area contributed by atoms with Crippen LogP contribution in [0.25, 0.3) is 0 Å². The molecule has 3 N–H and O–H groups in total. The van der Waals surface area contributed by atoms with E-state index < -0.39 is 0 Å². The zero-order valence-electron chi connectivity index (χ0n) is 12.8. The second kappa shape index (κ2) is 7.38. The number of nitrogens with two attached hydrogens (primary N) is 1. The van der Waals surface area contributed by atoms with E-state index in [0.29, 0.717) is 12.0 Å². The van der Waals surface area contributed by atoms with E-state index in [4.69, 9.17) is 15.7 Å². The molecule has 0 spiro atoms. The first-order chi connectivity index (χ1) is 10.4. The van der Waals surface area contributed by atoms with E-state index in [2.05, 4.69) is 22.4 Å². The van der Waals surface area contributed by atoms with Crippen molar-refractivity contribution in [1.29, 1.82) is 0 Å². The highest BCUT2D eigenvalue weighted by Crippen LogP contribution is 2.27. The normalized spacial score (nSPS) is 25.9. The maximum atomic E-state index is 5.76. The number of nitrogens with zero attached hydrogens (tertiary/aromatic N) is 2. The van der Waals surface area contributed by atoms with Gasteiger partial charge in [-0.15, -0.1) is 0 Å². The summed E-state index contributed by atoms with van der Waals surface area (Å²) in [5, 5.41) is 4.80. The van der Waals surface area contributed by atoms with Gasteiger partial charge in [-0.2, -0.15) is 5.10 Å². The lowest BCUT2D eigenvalue weighted by molar-refractivity contribution is 0.0391. The fourth-order valence-electron chi connectivity index (χ4n) is 3.71. The predicted molar refractivity (Wildman–Crippen MR) is 82.7 cm³/mol. The molecule has 0 radical (unpaired) electrons. The number of ether oxygens (including phenoxy) is 1. The first-order valence-corrected chi connectivity index (χ1v) is 8.44. The quantitative estimate of drug-likeness (QED) is 0.645. The van der Waals surface area contributed by atoms with Gasteiger partial charge in [-0.05, 0) is 37.7 Å². The van der Waals surface area contributed by atoms with Crippen molar-refractivity contribution in [1.82, 2.24) is 15.2 Å². The molecular weight excluding hydrogens is 264 g/mol. The summed E-state index contributed by atoms with van der Waals surface area (Å²) >= 11 is 0. The molecule has 1 aromatic rings. The van der Waals surface area contributed by atoms with Crippen LogP contribution in [0.2, 0.25) is 0 Å². The minimum Gasteiger partial charge on any atom is -0.381 e. The molecule has 2 heterocycles. The second-order valence-electron chi connectivity index (χ2n) is 6.53. The van der Waals surface area contributed by atoms with Crippen molar-refractivity contribution in [2.45, 2.75) is 63.5 Å². The third kappa shape index (κ3) is 3.84. The van der Waals surface area contributed by atoms with Gasteiger partial charge in [-0.3, -0.25) is 16.0 Å². The molecule has 1 aliphatic carbocycles.